The summed E-state index contributed by atoms with van der Waals surface area (Å²) >= 11 is 0. The first-order chi connectivity index (χ1) is 18.0. The van der Waals surface area contributed by atoms with Crippen molar-refractivity contribution in [3.05, 3.63) is 89.0 Å². The van der Waals surface area contributed by atoms with Crippen LogP contribution in [0, 0.1) is 12.7 Å². The maximum absolute atomic E-state index is 13.9. The Kier molecular flexibility index (Phi) is 6.85. The summed E-state index contributed by atoms with van der Waals surface area (Å²) in [6.45, 7) is 4.82. The third-order valence-electron chi connectivity index (χ3n) is 6.73. The highest BCUT2D eigenvalue weighted by molar-refractivity contribution is 6.01. The van der Waals surface area contributed by atoms with Gasteiger partial charge in [-0.1, -0.05) is 30.3 Å². The smallest absolute Gasteiger partial charge is 0.343 e. The number of ether oxygens (including phenoxy) is 1. The second-order valence-corrected chi connectivity index (χ2v) is 9.10. The highest BCUT2D eigenvalue weighted by atomic mass is 19.1. The van der Waals surface area contributed by atoms with Gasteiger partial charge in [0.15, 0.2) is 5.65 Å². The van der Waals surface area contributed by atoms with Crippen LogP contribution in [-0.4, -0.2) is 51.1 Å². The Hall–Kier alpha value is -4.27. The number of hydrogen-bond acceptors (Lipinski definition) is 6. The van der Waals surface area contributed by atoms with E-state index in [1.807, 2.05) is 23.1 Å². The van der Waals surface area contributed by atoms with E-state index in [0.717, 1.165) is 12.8 Å². The number of anilines is 2. The number of amides is 1. The lowest BCUT2D eigenvalue weighted by Crippen LogP contribution is -2.38. The van der Waals surface area contributed by atoms with E-state index >= 15 is 0 Å². The van der Waals surface area contributed by atoms with Crippen molar-refractivity contribution in [3.63, 3.8) is 0 Å². The second-order valence-electron chi connectivity index (χ2n) is 9.10. The Balaban J connectivity index is 1.48. The van der Waals surface area contributed by atoms with Crippen molar-refractivity contribution in [2.75, 3.05) is 25.0 Å². The molecule has 190 valence electrons. The summed E-state index contributed by atoms with van der Waals surface area (Å²) in [5.74, 6) is -0.302. The Bertz CT molecular complexity index is 1450. The van der Waals surface area contributed by atoms with Gasteiger partial charge in [0.05, 0.1) is 12.8 Å². The van der Waals surface area contributed by atoms with Crippen LogP contribution in [0.5, 0.6) is 0 Å². The highest BCUT2D eigenvalue weighted by Gasteiger charge is 2.28. The van der Waals surface area contributed by atoms with Crippen molar-refractivity contribution in [2.24, 2.45) is 0 Å². The van der Waals surface area contributed by atoms with Gasteiger partial charge in [0.1, 0.15) is 22.8 Å². The number of carbonyl (C=O) groups is 2. The molecule has 3 heterocycles. The molecule has 4 aromatic rings. The van der Waals surface area contributed by atoms with E-state index in [9.17, 15) is 14.0 Å². The molecule has 0 unspecified atom stereocenters. The molecule has 0 atom stereocenters. The van der Waals surface area contributed by atoms with Gasteiger partial charge in [0.2, 0.25) is 0 Å². The zero-order valence-electron chi connectivity index (χ0n) is 20.8. The molecule has 1 N–H and O–H groups in total. The van der Waals surface area contributed by atoms with E-state index in [1.165, 1.54) is 28.5 Å². The number of benzene rings is 2. The molecule has 2 aromatic heterocycles. The summed E-state index contributed by atoms with van der Waals surface area (Å²) in [4.78, 5) is 32.4. The first-order valence-corrected chi connectivity index (χ1v) is 12.4. The van der Waals surface area contributed by atoms with E-state index in [1.54, 1.807) is 26.0 Å². The molecular formula is C28H28FN5O3. The fourth-order valence-electron chi connectivity index (χ4n) is 4.73. The molecule has 9 heteroatoms. The zero-order chi connectivity index (χ0) is 25.9. The van der Waals surface area contributed by atoms with Gasteiger partial charge in [-0.05, 0) is 61.9 Å². The molecular weight excluding hydrogens is 473 g/mol. The summed E-state index contributed by atoms with van der Waals surface area (Å²) in [5, 5.41) is 7.56. The number of rotatable bonds is 6. The third kappa shape index (κ3) is 4.89. The van der Waals surface area contributed by atoms with Gasteiger partial charge in [-0.15, -0.1) is 0 Å². The standard InChI is InChI=1S/C28H28FN5O3/c1-3-37-28(36)23-17-31-34-25(23)30-16-22(26(34)32-21-9-10-24(29)18(2)15-21)27(35)33-13-11-20(12-14-33)19-7-5-4-6-8-19/h4-10,15-17,20,32H,3,11-14H2,1-2H3. The van der Waals surface area contributed by atoms with Crippen molar-refractivity contribution < 1.29 is 18.7 Å². The molecule has 2 aromatic carbocycles. The van der Waals surface area contributed by atoms with E-state index in [0.29, 0.717) is 41.6 Å². The molecule has 37 heavy (non-hydrogen) atoms. The topological polar surface area (TPSA) is 88.8 Å². The minimum atomic E-state index is -0.546. The number of piperidine rings is 1. The molecule has 1 fully saturated rings. The quantitative estimate of drug-likeness (QED) is 0.369. The van der Waals surface area contributed by atoms with Crippen LogP contribution in [0.2, 0.25) is 0 Å². The Labute approximate surface area is 214 Å². The number of carbonyl (C=O) groups excluding carboxylic acids is 2. The summed E-state index contributed by atoms with van der Waals surface area (Å²) in [5.41, 5.74) is 3.10. The van der Waals surface area contributed by atoms with Crippen molar-refractivity contribution in [1.29, 1.82) is 0 Å². The van der Waals surface area contributed by atoms with Crippen LogP contribution in [0.3, 0.4) is 0 Å². The van der Waals surface area contributed by atoms with E-state index in [2.05, 4.69) is 27.5 Å². The van der Waals surface area contributed by atoms with Gasteiger partial charge in [-0.3, -0.25) is 4.79 Å². The van der Waals surface area contributed by atoms with E-state index in [4.69, 9.17) is 4.74 Å². The van der Waals surface area contributed by atoms with Gasteiger partial charge in [-0.25, -0.2) is 14.2 Å². The lowest BCUT2D eigenvalue weighted by atomic mass is 9.89. The molecule has 1 aliphatic heterocycles. The van der Waals surface area contributed by atoms with E-state index in [-0.39, 0.29) is 29.5 Å². The predicted octanol–water partition coefficient (Wildman–Crippen LogP) is 5.12. The number of fused-ring (bicyclic) bond motifs is 1. The Morgan fingerprint density at radius 1 is 1.08 bits per heavy atom. The molecule has 0 radical (unpaired) electrons. The third-order valence-corrected chi connectivity index (χ3v) is 6.73. The second kappa shape index (κ2) is 10.4. The Morgan fingerprint density at radius 3 is 2.54 bits per heavy atom. The van der Waals surface area contributed by atoms with Crippen molar-refractivity contribution >= 4 is 29.0 Å². The van der Waals surface area contributed by atoms with Crippen molar-refractivity contribution in [3.8, 4) is 0 Å². The van der Waals surface area contributed by atoms with Crippen LogP contribution in [-0.2, 0) is 4.74 Å². The number of hydrogen-bond donors (Lipinski definition) is 1. The van der Waals surface area contributed by atoms with Crippen LogP contribution < -0.4 is 5.32 Å². The van der Waals surface area contributed by atoms with Crippen LogP contribution in [0.4, 0.5) is 15.9 Å². The van der Waals surface area contributed by atoms with Gasteiger partial charge in [0.25, 0.3) is 5.91 Å². The van der Waals surface area contributed by atoms with E-state index < -0.39 is 5.97 Å². The van der Waals surface area contributed by atoms with Crippen LogP contribution in [0.15, 0.2) is 60.9 Å². The van der Waals surface area contributed by atoms with Crippen molar-refractivity contribution in [1.82, 2.24) is 19.5 Å². The molecule has 0 bridgehead atoms. The zero-order valence-corrected chi connectivity index (χ0v) is 20.8. The first-order valence-electron chi connectivity index (χ1n) is 12.4. The molecule has 1 amide bonds. The number of likely N-dealkylation sites (tertiary alicyclic amines) is 1. The number of aromatic nitrogens is 3. The minimum absolute atomic E-state index is 0.185. The molecule has 1 saturated heterocycles. The van der Waals surface area contributed by atoms with Crippen LogP contribution in [0.25, 0.3) is 5.65 Å². The fraction of sp³-hybridized carbons (Fsp3) is 0.286. The van der Waals surface area contributed by atoms with Gasteiger partial charge in [-0.2, -0.15) is 9.61 Å². The molecule has 1 aliphatic rings. The summed E-state index contributed by atoms with van der Waals surface area (Å²) in [7, 11) is 0. The largest absolute Gasteiger partial charge is 0.462 e. The molecule has 0 saturated carbocycles. The van der Waals surface area contributed by atoms with Crippen LogP contribution >= 0.6 is 0 Å². The SMILES string of the molecule is CCOC(=O)c1cnn2c(Nc3ccc(F)c(C)c3)c(C(=O)N3CCC(c4ccccc4)CC3)cnc12. The maximum Gasteiger partial charge on any atom is 0.343 e. The number of aryl methyl sites for hydroxylation is 1. The highest BCUT2D eigenvalue weighted by Crippen LogP contribution is 2.30. The average Bonchev–Trinajstić information content (AvgIpc) is 3.36. The normalized spacial score (nSPS) is 14.1. The average molecular weight is 502 g/mol. The summed E-state index contributed by atoms with van der Waals surface area (Å²) < 4.78 is 20.4. The fourth-order valence-corrected chi connectivity index (χ4v) is 4.73. The molecule has 0 aliphatic carbocycles. The number of esters is 1. The lowest BCUT2D eigenvalue weighted by Gasteiger charge is -2.32. The maximum atomic E-state index is 13.9. The molecule has 5 rings (SSSR count). The Morgan fingerprint density at radius 2 is 1.84 bits per heavy atom. The number of nitrogens with one attached hydrogen (secondary N) is 1. The molecule has 0 spiro atoms. The van der Waals surface area contributed by atoms with Gasteiger partial charge < -0.3 is 15.0 Å². The predicted molar refractivity (Wildman–Crippen MR) is 138 cm³/mol. The van der Waals surface area contributed by atoms with Crippen molar-refractivity contribution in [2.45, 2.75) is 32.6 Å². The number of halogens is 1. The summed E-state index contributed by atoms with van der Waals surface area (Å²) in [6, 6.07) is 14.9. The van der Waals surface area contributed by atoms with Gasteiger partial charge in [0, 0.05) is 25.0 Å². The first kappa shape index (κ1) is 24.4. The minimum Gasteiger partial charge on any atom is -0.462 e. The lowest BCUT2D eigenvalue weighted by molar-refractivity contribution is 0.0528. The molecule has 8 nitrogen and oxygen atoms in total. The van der Waals surface area contributed by atoms with Crippen LogP contribution in [0.1, 0.15) is 57.5 Å². The monoisotopic (exact) mass is 501 g/mol. The summed E-state index contributed by atoms with van der Waals surface area (Å²) in [6.07, 6.45) is 4.56. The number of nitrogens with zero attached hydrogens (tertiary/aromatic N) is 4. The van der Waals surface area contributed by atoms with Gasteiger partial charge >= 0.3 is 5.97 Å².